The fourth-order valence-corrected chi connectivity index (χ4v) is 1.77. The molecule has 4 nitrogen and oxygen atoms in total. The smallest absolute Gasteiger partial charge is 0.178 e. The molecule has 15 heavy (non-hydrogen) atoms. The molecule has 2 aromatic rings. The van der Waals surface area contributed by atoms with Gasteiger partial charge in [-0.2, -0.15) is 0 Å². The van der Waals surface area contributed by atoms with Crippen LogP contribution < -0.4 is 0 Å². The maximum atomic E-state index is 11.4. The first-order chi connectivity index (χ1) is 7.25. The van der Waals surface area contributed by atoms with E-state index in [1.165, 1.54) is 12.8 Å². The Kier molecular flexibility index (Phi) is 1.65. The van der Waals surface area contributed by atoms with Gasteiger partial charge in [0.15, 0.2) is 11.4 Å². The van der Waals surface area contributed by atoms with Gasteiger partial charge in [-0.3, -0.25) is 4.79 Å². The van der Waals surface area contributed by atoms with Gasteiger partial charge in [-0.05, 0) is 25.8 Å². The van der Waals surface area contributed by atoms with E-state index in [-0.39, 0.29) is 5.78 Å². The number of hydrogen-bond acceptors (Lipinski definition) is 3. The highest BCUT2D eigenvalue weighted by molar-refractivity contribution is 6.03. The highest BCUT2D eigenvalue weighted by atomic mass is 16.1. The first-order valence-electron chi connectivity index (χ1n) is 5.11. The van der Waals surface area contributed by atoms with E-state index in [0.717, 1.165) is 11.3 Å². The normalized spacial score (nSPS) is 15.8. The monoisotopic (exact) mass is 201 g/mol. The molecule has 1 saturated carbocycles. The van der Waals surface area contributed by atoms with Crippen LogP contribution in [0.4, 0.5) is 0 Å². The molecule has 4 heteroatoms. The topological polar surface area (TPSA) is 58.6 Å². The predicted octanol–water partition coefficient (Wildman–Crippen LogP) is 2.04. The first-order valence-corrected chi connectivity index (χ1v) is 5.11. The Morgan fingerprint density at radius 3 is 3.00 bits per heavy atom. The van der Waals surface area contributed by atoms with E-state index in [4.69, 9.17) is 0 Å². The molecular weight excluding hydrogens is 190 g/mol. The van der Waals surface area contributed by atoms with Crippen LogP contribution in [0.15, 0.2) is 12.3 Å². The van der Waals surface area contributed by atoms with Gasteiger partial charge in [-0.15, -0.1) is 0 Å². The lowest BCUT2D eigenvalue weighted by atomic mass is 10.2. The van der Waals surface area contributed by atoms with E-state index in [2.05, 4.69) is 15.0 Å². The van der Waals surface area contributed by atoms with Crippen molar-refractivity contribution in [2.75, 3.05) is 0 Å². The van der Waals surface area contributed by atoms with Gasteiger partial charge in [0.05, 0.1) is 5.52 Å². The van der Waals surface area contributed by atoms with Crippen LogP contribution in [-0.2, 0) is 0 Å². The number of rotatable bonds is 2. The van der Waals surface area contributed by atoms with Gasteiger partial charge < -0.3 is 4.98 Å². The number of fused-ring (bicyclic) bond motifs is 1. The van der Waals surface area contributed by atoms with Crippen molar-refractivity contribution >= 4 is 16.9 Å². The lowest BCUT2D eigenvalue weighted by molar-refractivity contribution is 0.101. The van der Waals surface area contributed by atoms with Crippen LogP contribution in [0.2, 0.25) is 0 Å². The molecule has 0 amide bonds. The number of H-pyrrole nitrogens is 1. The number of carbonyl (C=O) groups excluding carboxylic acids is 1. The Hall–Kier alpha value is -1.71. The largest absolute Gasteiger partial charge is 0.340 e. The predicted molar refractivity (Wildman–Crippen MR) is 55.9 cm³/mol. The number of aromatic nitrogens is 3. The average Bonchev–Trinajstić information content (AvgIpc) is 2.96. The van der Waals surface area contributed by atoms with E-state index in [1.807, 2.05) is 0 Å². The molecule has 0 aromatic carbocycles. The number of Topliss-reactive ketones (excluding diaryl/α,β-unsaturated/α-hetero) is 1. The quantitative estimate of drug-likeness (QED) is 0.756. The molecule has 3 rings (SSSR count). The summed E-state index contributed by atoms with van der Waals surface area (Å²) < 4.78 is 0. The molecule has 0 atom stereocenters. The maximum Gasteiger partial charge on any atom is 0.178 e. The molecule has 2 aromatic heterocycles. The molecule has 0 saturated heterocycles. The third-order valence-corrected chi connectivity index (χ3v) is 2.75. The summed E-state index contributed by atoms with van der Waals surface area (Å²) in [6.07, 6.45) is 4.01. The zero-order valence-electron chi connectivity index (χ0n) is 8.45. The molecule has 1 aliphatic carbocycles. The molecule has 0 radical (unpaired) electrons. The van der Waals surface area contributed by atoms with E-state index < -0.39 is 0 Å². The highest BCUT2D eigenvalue weighted by Gasteiger charge is 2.27. The molecule has 0 spiro atoms. The summed E-state index contributed by atoms with van der Waals surface area (Å²) in [5, 5.41) is 0. The number of ketones is 1. The number of carbonyl (C=O) groups is 1. The molecule has 1 aliphatic rings. The van der Waals surface area contributed by atoms with E-state index in [1.54, 1.807) is 19.2 Å². The van der Waals surface area contributed by atoms with Gasteiger partial charge >= 0.3 is 0 Å². The van der Waals surface area contributed by atoms with Crippen LogP contribution in [0.3, 0.4) is 0 Å². The average molecular weight is 201 g/mol. The molecule has 0 bridgehead atoms. The van der Waals surface area contributed by atoms with Gasteiger partial charge in [-0.25, -0.2) is 9.97 Å². The summed E-state index contributed by atoms with van der Waals surface area (Å²) in [5.74, 6) is 1.58. The summed E-state index contributed by atoms with van der Waals surface area (Å²) in [5.41, 5.74) is 2.12. The Morgan fingerprint density at radius 1 is 1.53 bits per heavy atom. The minimum absolute atomic E-state index is 0.0494. The van der Waals surface area contributed by atoms with Crippen molar-refractivity contribution in [1.82, 2.24) is 15.0 Å². The highest BCUT2D eigenvalue weighted by Crippen LogP contribution is 2.39. The lowest BCUT2D eigenvalue weighted by Gasteiger charge is -1.94. The molecular formula is C11H11N3O. The summed E-state index contributed by atoms with van der Waals surface area (Å²) in [6, 6.07) is 1.74. The lowest BCUT2D eigenvalue weighted by Crippen LogP contribution is -1.94. The van der Waals surface area contributed by atoms with E-state index >= 15 is 0 Å². The second kappa shape index (κ2) is 2.89. The Bertz CT molecular complexity index is 540. The number of nitrogens with one attached hydrogen (secondary N) is 1. The van der Waals surface area contributed by atoms with Gasteiger partial charge in [0.1, 0.15) is 5.82 Å². The fourth-order valence-electron chi connectivity index (χ4n) is 1.77. The van der Waals surface area contributed by atoms with Crippen LogP contribution in [0.25, 0.3) is 11.2 Å². The number of hydrogen-bond donors (Lipinski definition) is 1. The zero-order chi connectivity index (χ0) is 10.4. The van der Waals surface area contributed by atoms with Gasteiger partial charge in [-0.1, -0.05) is 0 Å². The van der Waals surface area contributed by atoms with Crippen molar-refractivity contribution in [3.63, 3.8) is 0 Å². The second-order valence-electron chi connectivity index (χ2n) is 4.01. The molecule has 0 aliphatic heterocycles. The van der Waals surface area contributed by atoms with Crippen molar-refractivity contribution in [3.8, 4) is 0 Å². The minimum atomic E-state index is 0.0494. The SMILES string of the molecule is CC(=O)c1ccnc2nc(C3CC3)[nH]c12. The fraction of sp³-hybridized carbons (Fsp3) is 0.364. The number of imidazole rings is 1. The van der Waals surface area contributed by atoms with Crippen molar-refractivity contribution in [1.29, 1.82) is 0 Å². The zero-order valence-corrected chi connectivity index (χ0v) is 8.45. The third kappa shape index (κ3) is 1.33. The van der Waals surface area contributed by atoms with Crippen LogP contribution in [0.1, 0.15) is 41.9 Å². The number of nitrogens with zero attached hydrogens (tertiary/aromatic N) is 2. The molecule has 2 heterocycles. The molecule has 0 unspecified atom stereocenters. The van der Waals surface area contributed by atoms with Crippen molar-refractivity contribution in [3.05, 3.63) is 23.7 Å². The van der Waals surface area contributed by atoms with Crippen molar-refractivity contribution < 1.29 is 4.79 Å². The Labute approximate surface area is 86.7 Å². The summed E-state index contributed by atoms with van der Waals surface area (Å²) >= 11 is 0. The third-order valence-electron chi connectivity index (χ3n) is 2.75. The van der Waals surface area contributed by atoms with E-state index in [0.29, 0.717) is 17.1 Å². The summed E-state index contributed by atoms with van der Waals surface area (Å²) in [4.78, 5) is 23.2. The maximum absolute atomic E-state index is 11.4. The Morgan fingerprint density at radius 2 is 2.33 bits per heavy atom. The van der Waals surface area contributed by atoms with Gasteiger partial charge in [0, 0.05) is 17.7 Å². The molecule has 1 fully saturated rings. The van der Waals surface area contributed by atoms with Crippen molar-refractivity contribution in [2.45, 2.75) is 25.7 Å². The van der Waals surface area contributed by atoms with Crippen LogP contribution in [0.5, 0.6) is 0 Å². The summed E-state index contributed by atoms with van der Waals surface area (Å²) in [6.45, 7) is 1.56. The number of aromatic amines is 1. The minimum Gasteiger partial charge on any atom is -0.340 e. The molecule has 76 valence electrons. The van der Waals surface area contributed by atoms with Crippen LogP contribution in [-0.4, -0.2) is 20.7 Å². The summed E-state index contributed by atoms with van der Waals surface area (Å²) in [7, 11) is 0. The first kappa shape index (κ1) is 8.59. The van der Waals surface area contributed by atoms with Gasteiger partial charge in [0.25, 0.3) is 0 Å². The Balaban J connectivity index is 2.23. The number of pyridine rings is 1. The van der Waals surface area contributed by atoms with Crippen molar-refractivity contribution in [2.24, 2.45) is 0 Å². The molecule has 1 N–H and O–H groups in total. The van der Waals surface area contributed by atoms with Crippen LogP contribution >= 0.6 is 0 Å². The van der Waals surface area contributed by atoms with E-state index in [9.17, 15) is 4.79 Å². The standard InChI is InChI=1S/C11H11N3O/c1-6(15)8-4-5-12-11-9(8)13-10(14-11)7-2-3-7/h4-5,7H,2-3H2,1H3,(H,12,13,14). The second-order valence-corrected chi connectivity index (χ2v) is 4.01. The van der Waals surface area contributed by atoms with Gasteiger partial charge in [0.2, 0.25) is 0 Å². The van der Waals surface area contributed by atoms with Crippen LogP contribution in [0, 0.1) is 0 Å².